The number of benzene rings is 1. The summed E-state index contributed by atoms with van der Waals surface area (Å²) in [6.45, 7) is 2.51. The van der Waals surface area contributed by atoms with E-state index in [-0.39, 0.29) is 18.3 Å². The molecule has 1 saturated heterocycles. The van der Waals surface area contributed by atoms with E-state index in [9.17, 15) is 4.79 Å². The average molecular weight is 430 g/mol. The number of hydrogen-bond acceptors (Lipinski definition) is 4. The fraction of sp³-hybridized carbons (Fsp3) is 0.412. The van der Waals surface area contributed by atoms with E-state index in [4.69, 9.17) is 4.74 Å². The average Bonchev–Trinajstić information content (AvgIpc) is 3.16. The van der Waals surface area contributed by atoms with Crippen LogP contribution in [0.15, 0.2) is 47.2 Å². The highest BCUT2D eigenvalue weighted by Crippen LogP contribution is 2.27. The fourth-order valence-corrected chi connectivity index (χ4v) is 3.22. The van der Waals surface area contributed by atoms with Crippen molar-refractivity contribution in [3.63, 3.8) is 0 Å². The third-order valence-electron chi connectivity index (χ3n) is 4.27. The van der Waals surface area contributed by atoms with Crippen LogP contribution in [0.1, 0.15) is 12.8 Å². The lowest BCUT2D eigenvalue weighted by molar-refractivity contribution is -0.132. The lowest BCUT2D eigenvalue weighted by Gasteiger charge is -2.36. The summed E-state index contributed by atoms with van der Waals surface area (Å²) < 4.78 is 8.45. The second-order valence-electron chi connectivity index (χ2n) is 5.79. The van der Waals surface area contributed by atoms with Crippen molar-refractivity contribution in [2.24, 2.45) is 0 Å². The molecule has 0 saturated carbocycles. The van der Waals surface area contributed by atoms with Gasteiger partial charge < -0.3 is 15.4 Å². The summed E-state index contributed by atoms with van der Waals surface area (Å²) >= 11 is 3.39. The first-order valence-electron chi connectivity index (χ1n) is 8.08. The Bertz CT molecular complexity index is 658. The number of rotatable bonds is 6. The van der Waals surface area contributed by atoms with Crippen molar-refractivity contribution in [3.8, 4) is 5.75 Å². The van der Waals surface area contributed by atoms with Gasteiger partial charge in [-0.2, -0.15) is 5.10 Å². The number of carbonyl (C=O) groups excluding carboxylic acids is 1. The van der Waals surface area contributed by atoms with Gasteiger partial charge in [-0.25, -0.2) is 0 Å². The van der Waals surface area contributed by atoms with Gasteiger partial charge in [0.25, 0.3) is 0 Å². The Labute approximate surface area is 161 Å². The molecule has 0 aliphatic carbocycles. The van der Waals surface area contributed by atoms with Crippen LogP contribution in [0.4, 0.5) is 0 Å². The molecular weight excluding hydrogens is 408 g/mol. The van der Waals surface area contributed by atoms with Crippen molar-refractivity contribution in [2.75, 3.05) is 26.2 Å². The van der Waals surface area contributed by atoms with Crippen LogP contribution in [0.25, 0.3) is 0 Å². The van der Waals surface area contributed by atoms with Gasteiger partial charge in [0.1, 0.15) is 17.9 Å². The van der Waals surface area contributed by atoms with Crippen molar-refractivity contribution in [1.82, 2.24) is 20.4 Å². The molecule has 1 aromatic heterocycles. The molecule has 0 bridgehead atoms. The van der Waals surface area contributed by atoms with Gasteiger partial charge in [-0.15, -0.1) is 12.4 Å². The van der Waals surface area contributed by atoms with Gasteiger partial charge in [-0.1, -0.05) is 15.9 Å². The molecule has 0 unspecified atom stereocenters. The maximum atomic E-state index is 12.8. The molecule has 1 aliphatic rings. The lowest BCUT2D eigenvalue weighted by Crippen LogP contribution is -2.55. The Hall–Kier alpha value is -1.57. The smallest absolute Gasteiger partial charge is 0.248 e. The highest BCUT2D eigenvalue weighted by molar-refractivity contribution is 9.10. The fourth-order valence-electron chi connectivity index (χ4n) is 2.95. The van der Waals surface area contributed by atoms with E-state index in [2.05, 4.69) is 31.7 Å². The topological polar surface area (TPSA) is 68.2 Å². The molecule has 0 spiro atoms. The molecule has 1 fully saturated rings. The number of amides is 1. The Morgan fingerprint density at radius 1 is 1.32 bits per heavy atom. The van der Waals surface area contributed by atoms with Crippen LogP contribution in [0, 0.1) is 0 Å². The Morgan fingerprint density at radius 2 is 2.04 bits per heavy atom. The normalized spacial score (nSPS) is 15.9. The third-order valence-corrected chi connectivity index (χ3v) is 4.79. The third kappa shape index (κ3) is 4.74. The zero-order valence-electron chi connectivity index (χ0n) is 13.8. The molecule has 1 aromatic carbocycles. The predicted octanol–water partition coefficient (Wildman–Crippen LogP) is 2.34. The number of piperidine rings is 1. The van der Waals surface area contributed by atoms with Crippen LogP contribution in [0.5, 0.6) is 5.75 Å². The summed E-state index contributed by atoms with van der Waals surface area (Å²) in [7, 11) is 0. The molecule has 1 amide bonds. The first-order valence-corrected chi connectivity index (χ1v) is 8.87. The molecule has 2 N–H and O–H groups in total. The number of ether oxygens (including phenoxy) is 1. The molecule has 25 heavy (non-hydrogen) atoms. The lowest BCUT2D eigenvalue weighted by atomic mass is 9.87. The SMILES string of the molecule is Cl.O=C(NCCOc1ccc(Br)cc1)C1(n2cccn2)CCNCC1. The van der Waals surface area contributed by atoms with Crippen molar-refractivity contribution >= 4 is 34.2 Å². The van der Waals surface area contributed by atoms with E-state index in [1.807, 2.05) is 36.5 Å². The maximum Gasteiger partial charge on any atom is 0.248 e. The van der Waals surface area contributed by atoms with Crippen LogP contribution in [0.3, 0.4) is 0 Å². The first kappa shape index (κ1) is 19.8. The zero-order chi connectivity index (χ0) is 16.8. The van der Waals surface area contributed by atoms with E-state index in [0.29, 0.717) is 13.2 Å². The van der Waals surface area contributed by atoms with Crippen LogP contribution in [-0.4, -0.2) is 41.9 Å². The summed E-state index contributed by atoms with van der Waals surface area (Å²) in [5, 5.41) is 10.6. The van der Waals surface area contributed by atoms with E-state index in [0.717, 1.165) is 36.2 Å². The summed E-state index contributed by atoms with van der Waals surface area (Å²) in [6.07, 6.45) is 5.04. The summed E-state index contributed by atoms with van der Waals surface area (Å²) in [4.78, 5) is 12.8. The quantitative estimate of drug-likeness (QED) is 0.692. The predicted molar refractivity (Wildman–Crippen MR) is 102 cm³/mol. The minimum atomic E-state index is -0.605. The largest absolute Gasteiger partial charge is 0.492 e. The minimum Gasteiger partial charge on any atom is -0.492 e. The monoisotopic (exact) mass is 428 g/mol. The van der Waals surface area contributed by atoms with Gasteiger partial charge in [0.2, 0.25) is 5.91 Å². The van der Waals surface area contributed by atoms with E-state index < -0.39 is 5.54 Å². The number of halogens is 2. The van der Waals surface area contributed by atoms with Gasteiger partial charge in [-0.3, -0.25) is 9.48 Å². The van der Waals surface area contributed by atoms with Crippen molar-refractivity contribution in [2.45, 2.75) is 18.4 Å². The van der Waals surface area contributed by atoms with E-state index in [1.54, 1.807) is 10.9 Å². The van der Waals surface area contributed by atoms with Gasteiger partial charge in [0.05, 0.1) is 6.54 Å². The molecule has 0 atom stereocenters. The van der Waals surface area contributed by atoms with E-state index in [1.165, 1.54) is 0 Å². The van der Waals surface area contributed by atoms with Crippen LogP contribution in [0.2, 0.25) is 0 Å². The van der Waals surface area contributed by atoms with Gasteiger partial charge in [-0.05, 0) is 56.3 Å². The molecule has 3 rings (SSSR count). The molecule has 6 nitrogen and oxygen atoms in total. The molecule has 0 radical (unpaired) electrons. The minimum absolute atomic E-state index is 0. The molecular formula is C17H22BrClN4O2. The number of carbonyl (C=O) groups is 1. The number of aromatic nitrogens is 2. The molecule has 2 heterocycles. The van der Waals surface area contributed by atoms with Crippen LogP contribution < -0.4 is 15.4 Å². The highest BCUT2D eigenvalue weighted by Gasteiger charge is 2.41. The second kappa shape index (κ2) is 9.22. The van der Waals surface area contributed by atoms with Crippen LogP contribution in [-0.2, 0) is 10.3 Å². The van der Waals surface area contributed by atoms with Crippen molar-refractivity contribution < 1.29 is 9.53 Å². The van der Waals surface area contributed by atoms with Crippen molar-refractivity contribution in [1.29, 1.82) is 0 Å². The highest BCUT2D eigenvalue weighted by atomic mass is 79.9. The number of nitrogens with zero attached hydrogens (tertiary/aromatic N) is 2. The summed E-state index contributed by atoms with van der Waals surface area (Å²) in [6, 6.07) is 9.49. The molecule has 1 aliphatic heterocycles. The first-order chi connectivity index (χ1) is 11.7. The Balaban J connectivity index is 0.00000225. The standard InChI is InChI=1S/C17H21BrN4O2.ClH/c18-14-2-4-15(5-3-14)24-13-11-20-16(23)17(6-9-19-10-7-17)22-12-1-8-21-22;/h1-5,8,12,19H,6-7,9-11,13H2,(H,20,23);1H. The van der Waals surface area contributed by atoms with Crippen molar-refractivity contribution in [3.05, 3.63) is 47.2 Å². The zero-order valence-corrected chi connectivity index (χ0v) is 16.2. The Morgan fingerprint density at radius 3 is 2.68 bits per heavy atom. The molecule has 136 valence electrons. The van der Waals surface area contributed by atoms with Gasteiger partial charge >= 0.3 is 0 Å². The van der Waals surface area contributed by atoms with E-state index >= 15 is 0 Å². The number of hydrogen-bond donors (Lipinski definition) is 2. The summed E-state index contributed by atoms with van der Waals surface area (Å²) in [5.41, 5.74) is -0.605. The Kier molecular flexibility index (Phi) is 7.28. The van der Waals surface area contributed by atoms with Gasteiger partial charge in [0, 0.05) is 16.9 Å². The number of nitrogens with one attached hydrogen (secondary N) is 2. The molecule has 2 aromatic rings. The maximum absolute atomic E-state index is 12.8. The summed E-state index contributed by atoms with van der Waals surface area (Å²) in [5.74, 6) is 0.795. The second-order valence-corrected chi connectivity index (χ2v) is 6.71. The van der Waals surface area contributed by atoms with Crippen LogP contribution >= 0.6 is 28.3 Å². The molecule has 8 heteroatoms. The van der Waals surface area contributed by atoms with Gasteiger partial charge in [0.15, 0.2) is 0 Å².